The van der Waals surface area contributed by atoms with Crippen molar-refractivity contribution in [3.05, 3.63) is 0 Å². The number of ether oxygens (including phenoxy) is 2. The van der Waals surface area contributed by atoms with Gasteiger partial charge in [0.2, 0.25) is 0 Å². The Hall–Kier alpha value is -1.50. The van der Waals surface area contributed by atoms with Crippen LogP contribution in [0.4, 0.5) is 0 Å². The van der Waals surface area contributed by atoms with Crippen LogP contribution in [0.3, 0.4) is 0 Å². The van der Waals surface area contributed by atoms with Gasteiger partial charge in [-0.05, 0) is 0 Å². The number of methoxy groups -OCH3 is 2. The molecule has 0 fully saturated rings. The fourth-order valence-corrected chi connectivity index (χ4v) is 0.967. The Morgan fingerprint density at radius 3 is 1.38 bits per heavy atom. The summed E-state index contributed by atoms with van der Waals surface area (Å²) in [6.45, 7) is 3.50. The summed E-state index contributed by atoms with van der Waals surface area (Å²) in [6, 6.07) is 3.82. The molecule has 6 heteroatoms. The molecule has 0 N–H and O–H groups in total. The topological polar surface area (TPSA) is 90.8 Å². The summed E-state index contributed by atoms with van der Waals surface area (Å²) in [5.74, 6) is 0. The van der Waals surface area contributed by atoms with Crippen LogP contribution < -0.4 is 0 Å². The van der Waals surface area contributed by atoms with Gasteiger partial charge in [-0.1, -0.05) is 13.8 Å². The number of azo groups is 1. The second kappa shape index (κ2) is 6.16. The van der Waals surface area contributed by atoms with Crippen LogP contribution in [-0.4, -0.2) is 25.7 Å². The lowest BCUT2D eigenvalue weighted by Gasteiger charge is -2.21. The van der Waals surface area contributed by atoms with Gasteiger partial charge in [0.1, 0.15) is 12.1 Å². The van der Waals surface area contributed by atoms with Crippen molar-refractivity contribution in [3.8, 4) is 12.1 Å². The molecule has 0 aromatic carbocycles. The zero-order chi connectivity index (χ0) is 12.7. The molecular weight excluding hydrogens is 208 g/mol. The number of hydrogen-bond acceptors (Lipinski definition) is 6. The normalized spacial score (nSPS) is 18.4. The molecule has 0 aliphatic rings. The van der Waals surface area contributed by atoms with Gasteiger partial charge in [0.15, 0.2) is 0 Å². The lowest BCUT2D eigenvalue weighted by molar-refractivity contribution is 0.00565. The van der Waals surface area contributed by atoms with E-state index in [1.54, 1.807) is 13.8 Å². The average molecular weight is 224 g/mol. The third-order valence-corrected chi connectivity index (χ3v) is 2.36. The molecule has 0 heterocycles. The summed E-state index contributed by atoms with van der Waals surface area (Å²) in [4.78, 5) is 0. The Morgan fingerprint density at radius 1 is 0.938 bits per heavy atom. The quantitative estimate of drug-likeness (QED) is 0.645. The Balaban J connectivity index is 5.08. The summed E-state index contributed by atoms with van der Waals surface area (Å²) in [6.07, 6.45) is 0.691. The van der Waals surface area contributed by atoms with Gasteiger partial charge in [0.05, 0.1) is 0 Å². The van der Waals surface area contributed by atoms with Crippen LogP contribution in [0.25, 0.3) is 0 Å². The van der Waals surface area contributed by atoms with E-state index in [0.717, 1.165) is 0 Å². The zero-order valence-corrected chi connectivity index (χ0v) is 10.0. The first-order valence-corrected chi connectivity index (χ1v) is 4.94. The Bertz CT molecular complexity index is 287. The number of nitrogens with zero attached hydrogens (tertiary/aromatic N) is 4. The van der Waals surface area contributed by atoms with Crippen molar-refractivity contribution in [2.24, 2.45) is 10.2 Å². The maximum Gasteiger partial charge on any atom is 0.266 e. The van der Waals surface area contributed by atoms with Gasteiger partial charge in [-0.2, -0.15) is 10.5 Å². The van der Waals surface area contributed by atoms with Gasteiger partial charge in [0.25, 0.3) is 11.4 Å². The summed E-state index contributed by atoms with van der Waals surface area (Å²) in [5, 5.41) is 25.5. The average Bonchev–Trinajstić information content (AvgIpc) is 2.37. The van der Waals surface area contributed by atoms with E-state index in [0.29, 0.717) is 12.8 Å². The van der Waals surface area contributed by atoms with E-state index in [9.17, 15) is 0 Å². The summed E-state index contributed by atoms with van der Waals surface area (Å²) in [5.41, 5.74) is -2.68. The highest BCUT2D eigenvalue weighted by molar-refractivity contribution is 5.02. The van der Waals surface area contributed by atoms with Crippen molar-refractivity contribution >= 4 is 0 Å². The van der Waals surface area contributed by atoms with Crippen LogP contribution >= 0.6 is 0 Å². The molecule has 0 aliphatic carbocycles. The minimum atomic E-state index is -1.34. The maximum atomic E-state index is 8.94. The van der Waals surface area contributed by atoms with Gasteiger partial charge in [0, 0.05) is 27.1 Å². The number of nitriles is 2. The van der Waals surface area contributed by atoms with Crippen molar-refractivity contribution in [1.29, 1.82) is 10.5 Å². The largest absolute Gasteiger partial charge is 0.344 e. The van der Waals surface area contributed by atoms with Gasteiger partial charge in [-0.25, -0.2) is 0 Å². The predicted molar refractivity (Wildman–Crippen MR) is 56.1 cm³/mol. The highest BCUT2D eigenvalue weighted by atomic mass is 16.5. The monoisotopic (exact) mass is 224 g/mol. The molecule has 0 amide bonds. The van der Waals surface area contributed by atoms with E-state index in [4.69, 9.17) is 20.0 Å². The zero-order valence-electron chi connectivity index (χ0n) is 10.0. The predicted octanol–water partition coefficient (Wildman–Crippen LogP) is 1.99. The molecule has 0 bridgehead atoms. The van der Waals surface area contributed by atoms with Crippen molar-refractivity contribution in [1.82, 2.24) is 0 Å². The first-order chi connectivity index (χ1) is 7.57. The molecule has 0 rings (SSSR count). The molecule has 16 heavy (non-hydrogen) atoms. The van der Waals surface area contributed by atoms with E-state index in [1.807, 2.05) is 12.1 Å². The highest BCUT2D eigenvalue weighted by Crippen LogP contribution is 2.22. The molecular formula is C10H16N4O2. The van der Waals surface area contributed by atoms with E-state index < -0.39 is 11.4 Å². The van der Waals surface area contributed by atoms with E-state index in [2.05, 4.69) is 10.2 Å². The van der Waals surface area contributed by atoms with Gasteiger partial charge < -0.3 is 9.47 Å². The molecule has 0 aromatic rings. The molecule has 2 unspecified atom stereocenters. The van der Waals surface area contributed by atoms with E-state index >= 15 is 0 Å². The smallest absolute Gasteiger partial charge is 0.266 e. The third kappa shape index (κ3) is 2.99. The molecule has 0 radical (unpaired) electrons. The SMILES string of the molecule is CCC(C#N)(/N=N/C(C#N)(CC)OC)OC. The minimum absolute atomic E-state index is 0.346. The molecule has 88 valence electrons. The molecule has 0 spiro atoms. The van der Waals surface area contributed by atoms with Gasteiger partial charge >= 0.3 is 0 Å². The first kappa shape index (κ1) is 14.5. The Kier molecular flexibility index (Phi) is 5.59. The van der Waals surface area contributed by atoms with Crippen molar-refractivity contribution in [2.45, 2.75) is 38.1 Å². The second-order valence-corrected chi connectivity index (χ2v) is 3.11. The van der Waals surface area contributed by atoms with Crippen LogP contribution in [0.15, 0.2) is 10.2 Å². The van der Waals surface area contributed by atoms with E-state index in [-0.39, 0.29) is 0 Å². The lowest BCUT2D eigenvalue weighted by atomic mass is 10.2. The van der Waals surface area contributed by atoms with Crippen molar-refractivity contribution in [2.75, 3.05) is 14.2 Å². The highest BCUT2D eigenvalue weighted by Gasteiger charge is 2.32. The molecule has 0 saturated carbocycles. The minimum Gasteiger partial charge on any atom is -0.344 e. The van der Waals surface area contributed by atoms with Crippen LogP contribution in [0.5, 0.6) is 0 Å². The lowest BCUT2D eigenvalue weighted by Crippen LogP contribution is -2.30. The Morgan fingerprint density at radius 2 is 1.25 bits per heavy atom. The third-order valence-electron chi connectivity index (χ3n) is 2.36. The van der Waals surface area contributed by atoms with Crippen LogP contribution in [0.1, 0.15) is 26.7 Å². The van der Waals surface area contributed by atoms with Crippen molar-refractivity contribution in [3.63, 3.8) is 0 Å². The summed E-state index contributed by atoms with van der Waals surface area (Å²) >= 11 is 0. The molecule has 6 nitrogen and oxygen atoms in total. The van der Waals surface area contributed by atoms with Gasteiger partial charge in [-0.3, -0.25) is 0 Å². The maximum absolute atomic E-state index is 8.94. The number of rotatable bonds is 6. The fraction of sp³-hybridized carbons (Fsp3) is 0.800. The van der Waals surface area contributed by atoms with Crippen LogP contribution in [0.2, 0.25) is 0 Å². The standard InChI is InChI=1S/C10H16N4O2/c1-5-9(7-11,15-3)13-14-10(6-2,8-12)16-4/h5-6H2,1-4H3/b14-13+. The molecule has 2 atom stereocenters. The van der Waals surface area contributed by atoms with E-state index in [1.165, 1.54) is 14.2 Å². The summed E-state index contributed by atoms with van der Waals surface area (Å²) in [7, 11) is 2.75. The fourth-order valence-electron chi connectivity index (χ4n) is 0.967. The van der Waals surface area contributed by atoms with Crippen molar-refractivity contribution < 1.29 is 9.47 Å². The molecule has 0 aromatic heterocycles. The van der Waals surface area contributed by atoms with Gasteiger partial charge in [-0.15, -0.1) is 10.2 Å². The van der Waals surface area contributed by atoms with Crippen LogP contribution in [-0.2, 0) is 9.47 Å². The molecule has 0 aliphatic heterocycles. The molecule has 0 saturated heterocycles. The van der Waals surface area contributed by atoms with Crippen LogP contribution in [0, 0.1) is 22.7 Å². The Labute approximate surface area is 95.5 Å². The number of hydrogen-bond donors (Lipinski definition) is 0. The first-order valence-electron chi connectivity index (χ1n) is 4.94. The second-order valence-electron chi connectivity index (χ2n) is 3.11. The summed E-state index contributed by atoms with van der Waals surface area (Å²) < 4.78 is 9.96.